The quantitative estimate of drug-likeness (QED) is 0.319. The summed E-state index contributed by atoms with van der Waals surface area (Å²) in [5.74, 6) is 1.47. The molecule has 1 aromatic carbocycles. The Morgan fingerprint density at radius 3 is 2.64 bits per heavy atom. The van der Waals surface area contributed by atoms with Crippen LogP contribution in [0.25, 0.3) is 5.65 Å². The van der Waals surface area contributed by atoms with E-state index in [-0.39, 0.29) is 36.2 Å². The molecule has 2 aliphatic heterocycles. The van der Waals surface area contributed by atoms with Crippen molar-refractivity contribution in [3.8, 4) is 5.75 Å². The van der Waals surface area contributed by atoms with Crippen molar-refractivity contribution in [3.63, 3.8) is 0 Å². The number of carbonyl (C=O) groups is 1. The second-order valence-corrected chi connectivity index (χ2v) is 15.0. The molecule has 13 nitrogen and oxygen atoms in total. The second-order valence-electron chi connectivity index (χ2n) is 13.4. The first kappa shape index (κ1) is 32.9. The number of pyridine rings is 1. The average Bonchev–Trinajstić information content (AvgIpc) is 3.62. The molecular formula is C33H43N7O6S. The van der Waals surface area contributed by atoms with Crippen LogP contribution in [0.4, 0.5) is 10.7 Å². The minimum absolute atomic E-state index is 0.0274. The lowest BCUT2D eigenvalue weighted by molar-refractivity contribution is 0.0980. The number of amides is 2. The molecule has 2 N–H and O–H groups in total. The number of nitrogens with zero attached hydrogens (tertiary/aromatic N) is 5. The van der Waals surface area contributed by atoms with Crippen LogP contribution in [0.1, 0.15) is 70.2 Å². The van der Waals surface area contributed by atoms with Crippen LogP contribution in [0.5, 0.6) is 5.75 Å². The van der Waals surface area contributed by atoms with Crippen molar-refractivity contribution >= 4 is 33.5 Å². The number of benzene rings is 1. The van der Waals surface area contributed by atoms with Crippen LogP contribution in [-0.4, -0.2) is 79.5 Å². The standard InChI is InChI=1S/C33H43N7O6S/c1-21-20-44-17-15-39(21)32-38-37-30-13-10-22(19-40(30)32)46-28-12-11-25(23-8-6-7-9-24(23)28)35-31(41)36-27-18-29(33(2,3)4)34-26(27)14-16-45-47(5,42)43/h6-10,13,18-19,21,25-26,28H,11-12,14-17,20H2,1-5H3,(H2,35,36,41)/t21-,25-,26?,28+/m0/s1. The number of ether oxygens (including phenoxy) is 2. The fourth-order valence-electron chi connectivity index (χ4n) is 6.24. The summed E-state index contributed by atoms with van der Waals surface area (Å²) in [5.41, 5.74) is 3.96. The van der Waals surface area contributed by atoms with Crippen molar-refractivity contribution in [2.45, 2.75) is 71.2 Å². The van der Waals surface area contributed by atoms with E-state index in [4.69, 9.17) is 18.6 Å². The van der Waals surface area contributed by atoms with Gasteiger partial charge in [-0.2, -0.15) is 8.42 Å². The molecule has 4 heterocycles. The summed E-state index contributed by atoms with van der Waals surface area (Å²) >= 11 is 0. The number of nitrogens with one attached hydrogen (secondary N) is 2. The van der Waals surface area contributed by atoms with E-state index in [0.717, 1.165) is 41.2 Å². The van der Waals surface area contributed by atoms with Crippen LogP contribution in [0.2, 0.25) is 0 Å². The lowest BCUT2D eigenvalue weighted by Gasteiger charge is -2.33. The summed E-state index contributed by atoms with van der Waals surface area (Å²) < 4.78 is 42.1. The minimum Gasteiger partial charge on any atom is -0.484 e. The van der Waals surface area contributed by atoms with Crippen molar-refractivity contribution in [1.82, 2.24) is 25.2 Å². The van der Waals surface area contributed by atoms with Gasteiger partial charge in [0.05, 0.1) is 50.4 Å². The largest absolute Gasteiger partial charge is 0.484 e. The van der Waals surface area contributed by atoms with Crippen LogP contribution >= 0.6 is 0 Å². The third-order valence-electron chi connectivity index (χ3n) is 8.66. The zero-order chi connectivity index (χ0) is 33.3. The molecular weight excluding hydrogens is 622 g/mol. The van der Waals surface area contributed by atoms with Gasteiger partial charge in [-0.3, -0.25) is 13.6 Å². The normalized spacial score (nSPS) is 23.2. The Labute approximate surface area is 275 Å². The van der Waals surface area contributed by atoms with Gasteiger partial charge in [0, 0.05) is 29.8 Å². The van der Waals surface area contributed by atoms with E-state index in [9.17, 15) is 13.2 Å². The van der Waals surface area contributed by atoms with Gasteiger partial charge in [0.15, 0.2) is 5.65 Å². The van der Waals surface area contributed by atoms with Crippen LogP contribution in [-0.2, 0) is 19.0 Å². The SMILES string of the molecule is C[C@H]1COCCN1c1nnc2ccc(O[C@@H]3CC[C@H](NC(=O)NC4=CC(C(C)(C)C)=NC4CCOS(C)(=O)=O)c4ccccc43)cn12. The first-order valence-corrected chi connectivity index (χ1v) is 17.8. The van der Waals surface area contributed by atoms with Crippen molar-refractivity contribution in [2.75, 3.05) is 37.5 Å². The number of allylic oxidation sites excluding steroid dienone is 1. The van der Waals surface area contributed by atoms with Gasteiger partial charge in [-0.25, -0.2) is 4.79 Å². The number of anilines is 1. The number of aliphatic imine (C=N–C) groups is 1. The first-order valence-electron chi connectivity index (χ1n) is 16.0. The molecule has 1 unspecified atom stereocenters. The fraction of sp³-hybridized carbons (Fsp3) is 0.515. The molecule has 1 saturated heterocycles. The van der Waals surface area contributed by atoms with E-state index in [0.29, 0.717) is 43.9 Å². The molecule has 252 valence electrons. The predicted molar refractivity (Wildman–Crippen MR) is 178 cm³/mol. The molecule has 1 fully saturated rings. The summed E-state index contributed by atoms with van der Waals surface area (Å²) in [6.07, 6.45) is 6.32. The lowest BCUT2D eigenvalue weighted by Crippen LogP contribution is -2.44. The highest BCUT2D eigenvalue weighted by molar-refractivity contribution is 7.85. The monoisotopic (exact) mass is 665 g/mol. The predicted octanol–water partition coefficient (Wildman–Crippen LogP) is 4.33. The molecule has 47 heavy (non-hydrogen) atoms. The van der Waals surface area contributed by atoms with E-state index >= 15 is 0 Å². The van der Waals surface area contributed by atoms with Crippen LogP contribution in [0, 0.1) is 5.41 Å². The number of morpholine rings is 1. The van der Waals surface area contributed by atoms with Crippen molar-refractivity contribution in [3.05, 3.63) is 65.5 Å². The summed E-state index contributed by atoms with van der Waals surface area (Å²) in [5, 5.41) is 15.0. The van der Waals surface area contributed by atoms with Crippen molar-refractivity contribution < 1.29 is 26.9 Å². The molecule has 2 amide bonds. The number of urea groups is 1. The number of hydrogen-bond donors (Lipinski definition) is 2. The number of fused-ring (bicyclic) bond motifs is 2. The Morgan fingerprint density at radius 2 is 1.89 bits per heavy atom. The van der Waals surface area contributed by atoms with E-state index < -0.39 is 16.2 Å². The maximum atomic E-state index is 13.4. The van der Waals surface area contributed by atoms with Gasteiger partial charge in [0.1, 0.15) is 11.9 Å². The molecule has 3 aliphatic rings. The molecule has 14 heteroatoms. The molecule has 4 atom stereocenters. The molecule has 2 aromatic heterocycles. The zero-order valence-corrected chi connectivity index (χ0v) is 28.3. The maximum absolute atomic E-state index is 13.4. The van der Waals surface area contributed by atoms with Crippen molar-refractivity contribution in [2.24, 2.45) is 10.4 Å². The van der Waals surface area contributed by atoms with Crippen LogP contribution in [0.15, 0.2) is 59.4 Å². The molecule has 0 radical (unpaired) electrons. The van der Waals surface area contributed by atoms with Gasteiger partial charge in [-0.1, -0.05) is 45.0 Å². The molecule has 0 bridgehead atoms. The second kappa shape index (κ2) is 13.2. The average molecular weight is 666 g/mol. The van der Waals surface area contributed by atoms with Gasteiger partial charge in [-0.05, 0) is 49.1 Å². The maximum Gasteiger partial charge on any atom is 0.319 e. The van der Waals surface area contributed by atoms with Gasteiger partial charge < -0.3 is 25.0 Å². The van der Waals surface area contributed by atoms with Gasteiger partial charge in [0.2, 0.25) is 5.95 Å². The number of aromatic nitrogens is 3. The Morgan fingerprint density at radius 1 is 1.11 bits per heavy atom. The molecule has 3 aromatic rings. The van der Waals surface area contributed by atoms with E-state index in [1.165, 1.54) is 0 Å². The Kier molecular flexibility index (Phi) is 9.27. The van der Waals surface area contributed by atoms with E-state index in [1.54, 1.807) is 0 Å². The fourth-order valence-corrected chi connectivity index (χ4v) is 6.64. The van der Waals surface area contributed by atoms with E-state index in [1.807, 2.05) is 73.8 Å². The lowest BCUT2D eigenvalue weighted by atomic mass is 9.85. The summed E-state index contributed by atoms with van der Waals surface area (Å²) in [4.78, 5) is 20.3. The number of hydrogen-bond acceptors (Lipinski definition) is 10. The third-order valence-corrected chi connectivity index (χ3v) is 9.26. The molecule has 1 aliphatic carbocycles. The third kappa shape index (κ3) is 7.60. The summed E-state index contributed by atoms with van der Waals surface area (Å²) in [6, 6.07) is 11.0. The first-order chi connectivity index (χ1) is 22.4. The van der Waals surface area contributed by atoms with Crippen LogP contribution in [0.3, 0.4) is 0 Å². The highest BCUT2D eigenvalue weighted by atomic mass is 32.2. The Hall–Kier alpha value is -4.01. The smallest absolute Gasteiger partial charge is 0.319 e. The molecule has 0 spiro atoms. The van der Waals surface area contributed by atoms with Gasteiger partial charge >= 0.3 is 6.03 Å². The zero-order valence-electron chi connectivity index (χ0n) is 27.5. The number of carbonyl (C=O) groups excluding carboxylic acids is 1. The highest BCUT2D eigenvalue weighted by Crippen LogP contribution is 2.39. The topological polar surface area (TPSA) is 149 Å². The number of rotatable bonds is 9. The van der Waals surface area contributed by atoms with Crippen LogP contribution < -0.4 is 20.3 Å². The minimum atomic E-state index is -3.58. The Balaban J connectivity index is 1.14. The molecule has 6 rings (SSSR count). The van der Waals surface area contributed by atoms with E-state index in [2.05, 4.69) is 32.7 Å². The summed E-state index contributed by atoms with van der Waals surface area (Å²) in [7, 11) is -3.58. The van der Waals surface area contributed by atoms with Gasteiger partial charge in [0.25, 0.3) is 10.1 Å². The Bertz CT molecular complexity index is 1800. The van der Waals surface area contributed by atoms with Crippen molar-refractivity contribution in [1.29, 1.82) is 0 Å². The highest BCUT2D eigenvalue weighted by Gasteiger charge is 2.32. The summed E-state index contributed by atoms with van der Waals surface area (Å²) in [6.45, 7) is 10.2. The molecule has 0 saturated carbocycles. The van der Waals surface area contributed by atoms with Gasteiger partial charge in [-0.15, -0.1) is 10.2 Å².